The van der Waals surface area contributed by atoms with Crippen molar-refractivity contribution in [1.82, 2.24) is 9.66 Å². The van der Waals surface area contributed by atoms with Crippen molar-refractivity contribution in [2.75, 3.05) is 0 Å². The second kappa shape index (κ2) is 6.50. The fourth-order valence-corrected chi connectivity index (χ4v) is 2.62. The smallest absolute Gasteiger partial charge is 0.282 e. The molecule has 0 aliphatic rings. The van der Waals surface area contributed by atoms with Gasteiger partial charge in [0.05, 0.1) is 23.4 Å². The molecule has 0 saturated heterocycles. The molecule has 1 aromatic carbocycles. The molecule has 0 unspecified atom stereocenters. The van der Waals surface area contributed by atoms with Gasteiger partial charge in [0.1, 0.15) is 11.6 Å². The van der Waals surface area contributed by atoms with Gasteiger partial charge in [0.2, 0.25) is 0 Å². The van der Waals surface area contributed by atoms with Crippen molar-refractivity contribution in [3.05, 3.63) is 63.0 Å². The number of hydrogen-bond donors (Lipinski definition) is 0. The van der Waals surface area contributed by atoms with Crippen LogP contribution < -0.4 is 5.56 Å². The first-order valence-electron chi connectivity index (χ1n) is 7.40. The van der Waals surface area contributed by atoms with Crippen molar-refractivity contribution < 1.29 is 4.42 Å². The van der Waals surface area contributed by atoms with Crippen LogP contribution in [0, 0.1) is 0 Å². The standard InChI is InChI=1S/C17H16BrN3O2/c1-3-11(2)16-20-15-7-6-12(18)9-14(15)17(22)21(16)19-10-13-5-4-8-23-13/h4-11H,3H2,1-2H3/t11-/m0/s1. The first kappa shape index (κ1) is 15.7. The molecular weight excluding hydrogens is 358 g/mol. The fraction of sp³-hybridized carbons (Fsp3) is 0.235. The van der Waals surface area contributed by atoms with Crippen LogP contribution in [0.3, 0.4) is 0 Å². The summed E-state index contributed by atoms with van der Waals surface area (Å²) in [5.74, 6) is 1.35. The Labute approximate surface area is 141 Å². The van der Waals surface area contributed by atoms with E-state index in [2.05, 4.69) is 32.9 Å². The van der Waals surface area contributed by atoms with Crippen molar-refractivity contribution in [3.8, 4) is 0 Å². The molecule has 0 amide bonds. The summed E-state index contributed by atoms with van der Waals surface area (Å²) in [6, 6.07) is 9.04. The van der Waals surface area contributed by atoms with Crippen LogP contribution in [0.15, 0.2) is 55.4 Å². The Hall–Kier alpha value is -2.21. The van der Waals surface area contributed by atoms with Gasteiger partial charge in [-0.25, -0.2) is 4.98 Å². The molecule has 2 aromatic heterocycles. The van der Waals surface area contributed by atoms with Gasteiger partial charge < -0.3 is 4.42 Å². The number of rotatable bonds is 4. The highest BCUT2D eigenvalue weighted by molar-refractivity contribution is 9.10. The Morgan fingerprint density at radius 2 is 2.26 bits per heavy atom. The van der Waals surface area contributed by atoms with E-state index in [0.717, 1.165) is 10.9 Å². The van der Waals surface area contributed by atoms with Crippen LogP contribution in [0.5, 0.6) is 0 Å². The minimum Gasteiger partial charge on any atom is -0.463 e. The number of aromatic nitrogens is 2. The highest BCUT2D eigenvalue weighted by Gasteiger charge is 2.15. The molecule has 6 heteroatoms. The average Bonchev–Trinajstić information content (AvgIpc) is 3.07. The van der Waals surface area contributed by atoms with Crippen LogP contribution in [0.2, 0.25) is 0 Å². The molecule has 2 heterocycles. The molecule has 23 heavy (non-hydrogen) atoms. The summed E-state index contributed by atoms with van der Waals surface area (Å²) >= 11 is 3.39. The van der Waals surface area contributed by atoms with Gasteiger partial charge >= 0.3 is 0 Å². The van der Waals surface area contributed by atoms with Crippen molar-refractivity contribution >= 4 is 33.0 Å². The summed E-state index contributed by atoms with van der Waals surface area (Å²) in [5, 5.41) is 4.84. The van der Waals surface area contributed by atoms with Gasteiger partial charge in [0, 0.05) is 10.4 Å². The Bertz CT molecular complexity index is 913. The lowest BCUT2D eigenvalue weighted by atomic mass is 10.1. The van der Waals surface area contributed by atoms with E-state index in [4.69, 9.17) is 4.42 Å². The molecule has 0 aliphatic carbocycles. The molecule has 3 rings (SSSR count). The quantitative estimate of drug-likeness (QED) is 0.645. The first-order chi connectivity index (χ1) is 11.1. The normalized spacial score (nSPS) is 13.0. The van der Waals surface area contributed by atoms with Crippen LogP contribution in [0.1, 0.15) is 37.8 Å². The number of nitrogens with zero attached hydrogens (tertiary/aromatic N) is 3. The number of hydrogen-bond acceptors (Lipinski definition) is 4. The molecule has 0 saturated carbocycles. The maximum Gasteiger partial charge on any atom is 0.282 e. The SMILES string of the molecule is CC[C@H](C)c1nc2ccc(Br)cc2c(=O)n1N=Cc1ccco1. The molecule has 0 fully saturated rings. The highest BCUT2D eigenvalue weighted by Crippen LogP contribution is 2.20. The summed E-state index contributed by atoms with van der Waals surface area (Å²) in [5.41, 5.74) is 0.493. The summed E-state index contributed by atoms with van der Waals surface area (Å²) in [6.07, 6.45) is 3.96. The zero-order valence-electron chi connectivity index (χ0n) is 12.9. The maximum absolute atomic E-state index is 12.8. The minimum absolute atomic E-state index is 0.115. The molecule has 0 aliphatic heterocycles. The van der Waals surface area contributed by atoms with Gasteiger partial charge in [0.15, 0.2) is 0 Å². The van der Waals surface area contributed by atoms with Gasteiger partial charge in [-0.1, -0.05) is 29.8 Å². The van der Waals surface area contributed by atoms with Gasteiger partial charge in [0.25, 0.3) is 5.56 Å². The first-order valence-corrected chi connectivity index (χ1v) is 8.19. The molecular formula is C17H16BrN3O2. The third kappa shape index (κ3) is 3.12. The van der Waals surface area contributed by atoms with E-state index in [0.29, 0.717) is 22.5 Å². The Morgan fingerprint density at radius 3 is 2.96 bits per heavy atom. The topological polar surface area (TPSA) is 60.4 Å². The number of benzene rings is 1. The third-order valence-corrected chi connectivity index (χ3v) is 4.22. The predicted octanol–water partition coefficient (Wildman–Crippen LogP) is 4.15. The maximum atomic E-state index is 12.8. The number of halogens is 1. The minimum atomic E-state index is -0.186. The average molecular weight is 374 g/mol. The van der Waals surface area contributed by atoms with E-state index in [1.807, 2.05) is 19.1 Å². The molecule has 1 atom stereocenters. The second-order valence-electron chi connectivity index (χ2n) is 5.32. The van der Waals surface area contributed by atoms with Crippen LogP contribution in [0.4, 0.5) is 0 Å². The summed E-state index contributed by atoms with van der Waals surface area (Å²) in [7, 11) is 0. The van der Waals surface area contributed by atoms with E-state index in [1.54, 1.807) is 24.5 Å². The second-order valence-corrected chi connectivity index (χ2v) is 6.23. The van der Waals surface area contributed by atoms with E-state index >= 15 is 0 Å². The molecule has 0 N–H and O–H groups in total. The molecule has 5 nitrogen and oxygen atoms in total. The highest BCUT2D eigenvalue weighted by atomic mass is 79.9. The molecule has 0 radical (unpaired) electrons. The number of fused-ring (bicyclic) bond motifs is 1. The fourth-order valence-electron chi connectivity index (χ4n) is 2.26. The van der Waals surface area contributed by atoms with E-state index in [9.17, 15) is 4.79 Å². The Morgan fingerprint density at radius 1 is 1.43 bits per heavy atom. The van der Waals surface area contributed by atoms with Crippen LogP contribution in [-0.2, 0) is 0 Å². The molecule has 118 valence electrons. The zero-order valence-corrected chi connectivity index (χ0v) is 14.4. The van der Waals surface area contributed by atoms with Crippen molar-refractivity contribution in [2.45, 2.75) is 26.2 Å². The summed E-state index contributed by atoms with van der Waals surface area (Å²) in [4.78, 5) is 17.5. The lowest BCUT2D eigenvalue weighted by Gasteiger charge is -2.13. The van der Waals surface area contributed by atoms with Gasteiger partial charge in [-0.3, -0.25) is 4.79 Å². The molecule has 3 aromatic rings. The zero-order chi connectivity index (χ0) is 16.4. The van der Waals surface area contributed by atoms with Crippen LogP contribution in [-0.4, -0.2) is 15.9 Å². The van der Waals surface area contributed by atoms with Gasteiger partial charge in [-0.2, -0.15) is 9.78 Å². The van der Waals surface area contributed by atoms with Crippen molar-refractivity contribution in [3.63, 3.8) is 0 Å². The van der Waals surface area contributed by atoms with E-state index < -0.39 is 0 Å². The largest absolute Gasteiger partial charge is 0.463 e. The Balaban J connectivity index is 2.23. The number of furan rings is 1. The monoisotopic (exact) mass is 373 g/mol. The van der Waals surface area contributed by atoms with Crippen molar-refractivity contribution in [2.24, 2.45) is 5.10 Å². The summed E-state index contributed by atoms with van der Waals surface area (Å²) < 4.78 is 7.44. The van der Waals surface area contributed by atoms with E-state index in [-0.39, 0.29) is 11.5 Å². The van der Waals surface area contributed by atoms with Crippen LogP contribution in [0.25, 0.3) is 10.9 Å². The lowest BCUT2D eigenvalue weighted by molar-refractivity contribution is 0.557. The van der Waals surface area contributed by atoms with E-state index in [1.165, 1.54) is 10.9 Å². The Kier molecular flexibility index (Phi) is 4.43. The van der Waals surface area contributed by atoms with Crippen molar-refractivity contribution in [1.29, 1.82) is 0 Å². The van der Waals surface area contributed by atoms with Crippen LogP contribution >= 0.6 is 15.9 Å². The predicted molar refractivity (Wildman–Crippen MR) is 94.1 cm³/mol. The summed E-state index contributed by atoms with van der Waals surface area (Å²) in [6.45, 7) is 4.09. The van der Waals surface area contributed by atoms with Gasteiger partial charge in [-0.15, -0.1) is 0 Å². The molecule has 0 bridgehead atoms. The lowest BCUT2D eigenvalue weighted by Crippen LogP contribution is -2.23. The van der Waals surface area contributed by atoms with Gasteiger partial charge in [-0.05, 0) is 36.8 Å². The molecule has 0 spiro atoms. The third-order valence-electron chi connectivity index (χ3n) is 3.73.